The average Bonchev–Trinajstić information content (AvgIpc) is 2.73. The Hall–Kier alpha value is -2.92. The first-order valence-electron chi connectivity index (χ1n) is 9.09. The molecule has 2 aromatic carbocycles. The fraction of sp³-hybridized carbons (Fsp3) is 0.273. The average molecular weight is 364 g/mol. The number of hydrogen-bond donors (Lipinski definition) is 1. The highest BCUT2D eigenvalue weighted by molar-refractivity contribution is 5.94. The molecule has 1 unspecified atom stereocenters. The van der Waals surface area contributed by atoms with Gasteiger partial charge in [-0.1, -0.05) is 49.0 Å². The second-order valence-electron chi connectivity index (χ2n) is 6.54. The quantitative estimate of drug-likeness (QED) is 0.802. The Kier molecular flexibility index (Phi) is 6.39. The molecule has 3 rings (SSSR count). The lowest BCUT2D eigenvalue weighted by Crippen LogP contribution is -2.49. The molecule has 2 amide bonds. The number of morpholine rings is 1. The van der Waals surface area contributed by atoms with E-state index in [4.69, 9.17) is 4.74 Å². The van der Waals surface area contributed by atoms with Crippen LogP contribution in [0.25, 0.3) is 0 Å². The number of benzene rings is 2. The van der Waals surface area contributed by atoms with Gasteiger partial charge in [0, 0.05) is 18.7 Å². The van der Waals surface area contributed by atoms with E-state index in [0.717, 1.165) is 12.0 Å². The summed E-state index contributed by atoms with van der Waals surface area (Å²) in [6.45, 7) is 5.53. The summed E-state index contributed by atoms with van der Waals surface area (Å²) in [7, 11) is 0. The Labute approximate surface area is 159 Å². The van der Waals surface area contributed by atoms with Gasteiger partial charge in [-0.15, -0.1) is 0 Å². The molecule has 1 N–H and O–H groups in total. The van der Waals surface area contributed by atoms with Crippen LogP contribution in [0, 0.1) is 0 Å². The van der Waals surface area contributed by atoms with Crippen LogP contribution in [-0.4, -0.2) is 42.5 Å². The molecule has 1 fully saturated rings. The van der Waals surface area contributed by atoms with Crippen LogP contribution in [0.3, 0.4) is 0 Å². The Morgan fingerprint density at radius 2 is 1.85 bits per heavy atom. The molecule has 1 atom stereocenters. The predicted molar refractivity (Wildman–Crippen MR) is 104 cm³/mol. The minimum Gasteiger partial charge on any atom is -0.377 e. The maximum atomic E-state index is 13.0. The Balaban J connectivity index is 1.67. The lowest BCUT2D eigenvalue weighted by molar-refractivity contribution is -0.116. The van der Waals surface area contributed by atoms with Crippen LogP contribution in [-0.2, 0) is 22.5 Å². The van der Waals surface area contributed by atoms with E-state index < -0.39 is 0 Å². The highest BCUT2D eigenvalue weighted by Crippen LogP contribution is 2.17. The summed E-state index contributed by atoms with van der Waals surface area (Å²) < 4.78 is 5.61. The molecule has 2 aromatic rings. The molecule has 27 heavy (non-hydrogen) atoms. The van der Waals surface area contributed by atoms with Gasteiger partial charge in [-0.05, 0) is 35.8 Å². The van der Waals surface area contributed by atoms with E-state index in [9.17, 15) is 9.59 Å². The van der Waals surface area contributed by atoms with E-state index in [2.05, 4.69) is 24.0 Å². The van der Waals surface area contributed by atoms with Crippen molar-refractivity contribution in [2.24, 2.45) is 0 Å². The van der Waals surface area contributed by atoms with E-state index in [1.54, 1.807) is 0 Å². The van der Waals surface area contributed by atoms with Crippen molar-refractivity contribution in [1.82, 2.24) is 10.2 Å². The third-order valence-corrected chi connectivity index (χ3v) is 4.66. The van der Waals surface area contributed by atoms with Crippen LogP contribution in [0.5, 0.6) is 0 Å². The monoisotopic (exact) mass is 364 g/mol. The van der Waals surface area contributed by atoms with E-state index >= 15 is 0 Å². The van der Waals surface area contributed by atoms with Crippen molar-refractivity contribution in [1.29, 1.82) is 0 Å². The molecule has 0 radical (unpaired) electrons. The first kappa shape index (κ1) is 18.9. The fourth-order valence-electron chi connectivity index (χ4n) is 3.17. The number of nitrogens with one attached hydrogen (secondary N) is 1. The second-order valence-corrected chi connectivity index (χ2v) is 6.54. The zero-order valence-electron chi connectivity index (χ0n) is 15.3. The zero-order valence-corrected chi connectivity index (χ0v) is 15.3. The highest BCUT2D eigenvalue weighted by Gasteiger charge is 2.28. The molecule has 0 bridgehead atoms. The lowest BCUT2D eigenvalue weighted by atomic mass is 10.0. The number of rotatable bonds is 6. The van der Waals surface area contributed by atoms with Gasteiger partial charge >= 0.3 is 0 Å². The minimum atomic E-state index is -0.216. The Bertz CT molecular complexity index is 787. The van der Waals surface area contributed by atoms with Gasteiger partial charge in [0.25, 0.3) is 5.91 Å². The molecular weight excluding hydrogens is 340 g/mol. The van der Waals surface area contributed by atoms with Gasteiger partial charge < -0.3 is 15.0 Å². The van der Waals surface area contributed by atoms with Crippen molar-refractivity contribution in [2.45, 2.75) is 19.0 Å². The topological polar surface area (TPSA) is 58.6 Å². The molecule has 140 valence electrons. The normalized spacial score (nSPS) is 16.6. The summed E-state index contributed by atoms with van der Waals surface area (Å²) in [5, 5.41) is 2.73. The summed E-state index contributed by atoms with van der Waals surface area (Å²) in [5.74, 6) is -0.201. The molecule has 1 aliphatic heterocycles. The van der Waals surface area contributed by atoms with E-state index in [-0.39, 0.29) is 17.9 Å². The van der Waals surface area contributed by atoms with Gasteiger partial charge in [-0.25, -0.2) is 0 Å². The number of carbonyl (C=O) groups is 2. The zero-order chi connectivity index (χ0) is 19.1. The van der Waals surface area contributed by atoms with Crippen molar-refractivity contribution in [3.63, 3.8) is 0 Å². The van der Waals surface area contributed by atoms with Gasteiger partial charge in [0.1, 0.15) is 0 Å². The maximum absolute atomic E-state index is 13.0. The van der Waals surface area contributed by atoms with Crippen LogP contribution in [0.1, 0.15) is 21.5 Å². The standard InChI is InChI=1S/C22H24N2O3/c1-2-21(25)23-15-18-8-10-19(11-9-18)22(26)24-12-13-27-16-20(24)14-17-6-4-3-5-7-17/h2-11,20H,1,12-16H2,(H,23,25). The maximum Gasteiger partial charge on any atom is 0.254 e. The first-order chi connectivity index (χ1) is 13.2. The third kappa shape index (κ3) is 5.05. The largest absolute Gasteiger partial charge is 0.377 e. The van der Waals surface area contributed by atoms with E-state index in [1.165, 1.54) is 11.6 Å². The van der Waals surface area contributed by atoms with Crippen LogP contribution in [0.4, 0.5) is 0 Å². The molecule has 1 aliphatic rings. The molecule has 5 nitrogen and oxygen atoms in total. The number of ether oxygens (including phenoxy) is 1. The highest BCUT2D eigenvalue weighted by atomic mass is 16.5. The number of amides is 2. The molecule has 5 heteroatoms. The SMILES string of the molecule is C=CC(=O)NCc1ccc(C(=O)N2CCOCC2Cc2ccccc2)cc1. The van der Waals surface area contributed by atoms with Crippen molar-refractivity contribution in [3.05, 3.63) is 83.9 Å². The minimum absolute atomic E-state index is 0.0147. The Morgan fingerprint density at radius 3 is 2.56 bits per heavy atom. The van der Waals surface area contributed by atoms with Gasteiger partial charge in [-0.3, -0.25) is 9.59 Å². The molecule has 0 aliphatic carbocycles. The van der Waals surface area contributed by atoms with Gasteiger partial charge in [-0.2, -0.15) is 0 Å². The van der Waals surface area contributed by atoms with Crippen LogP contribution >= 0.6 is 0 Å². The summed E-state index contributed by atoms with van der Waals surface area (Å²) in [4.78, 5) is 26.2. The number of carbonyl (C=O) groups excluding carboxylic acids is 2. The summed E-state index contributed by atoms with van der Waals surface area (Å²) >= 11 is 0. The first-order valence-corrected chi connectivity index (χ1v) is 9.09. The van der Waals surface area contributed by atoms with Crippen LogP contribution in [0.15, 0.2) is 67.3 Å². The number of nitrogens with zero attached hydrogens (tertiary/aromatic N) is 1. The van der Waals surface area contributed by atoms with Crippen LogP contribution < -0.4 is 5.32 Å². The summed E-state index contributed by atoms with van der Waals surface area (Å²) in [6, 6.07) is 17.5. The van der Waals surface area contributed by atoms with E-state index in [1.807, 2.05) is 47.4 Å². The van der Waals surface area contributed by atoms with Gasteiger partial charge in [0.2, 0.25) is 5.91 Å². The Morgan fingerprint density at radius 1 is 1.11 bits per heavy atom. The molecule has 0 saturated carbocycles. The third-order valence-electron chi connectivity index (χ3n) is 4.66. The van der Waals surface area contributed by atoms with Crippen molar-refractivity contribution in [2.75, 3.05) is 19.8 Å². The van der Waals surface area contributed by atoms with Gasteiger partial charge in [0.05, 0.1) is 19.3 Å². The number of hydrogen-bond acceptors (Lipinski definition) is 3. The predicted octanol–water partition coefficient (Wildman–Crippen LogP) is 2.57. The smallest absolute Gasteiger partial charge is 0.254 e. The van der Waals surface area contributed by atoms with Crippen LogP contribution in [0.2, 0.25) is 0 Å². The van der Waals surface area contributed by atoms with E-state index in [0.29, 0.717) is 31.9 Å². The molecule has 1 heterocycles. The molecule has 0 spiro atoms. The lowest BCUT2D eigenvalue weighted by Gasteiger charge is -2.36. The summed E-state index contributed by atoms with van der Waals surface area (Å²) in [5.41, 5.74) is 2.78. The second kappa shape index (κ2) is 9.14. The van der Waals surface area contributed by atoms with Crippen molar-refractivity contribution < 1.29 is 14.3 Å². The molecule has 0 aromatic heterocycles. The van der Waals surface area contributed by atoms with Crippen molar-refractivity contribution >= 4 is 11.8 Å². The van der Waals surface area contributed by atoms with Crippen molar-refractivity contribution in [3.8, 4) is 0 Å². The fourth-order valence-corrected chi connectivity index (χ4v) is 3.17. The summed E-state index contributed by atoms with van der Waals surface area (Å²) in [6.07, 6.45) is 2.02. The molecular formula is C22H24N2O3. The van der Waals surface area contributed by atoms with Gasteiger partial charge in [0.15, 0.2) is 0 Å². The molecule has 1 saturated heterocycles.